The third-order valence-corrected chi connectivity index (χ3v) is 4.93. The SMILES string of the molecule is O=C1COc2ccc(-c3csc(N4CCCCC4)n3)cc2N1. The Hall–Kier alpha value is -2.08. The molecule has 0 radical (unpaired) electrons. The number of ether oxygens (including phenoxy) is 1. The first-order chi connectivity index (χ1) is 10.8. The lowest BCUT2D eigenvalue weighted by Crippen LogP contribution is -2.29. The van der Waals surface area contributed by atoms with Crippen molar-refractivity contribution in [3.8, 4) is 17.0 Å². The average Bonchev–Trinajstić information content (AvgIpc) is 3.05. The molecule has 1 N–H and O–H groups in total. The second-order valence-corrected chi connectivity index (χ2v) is 6.45. The highest BCUT2D eigenvalue weighted by Gasteiger charge is 2.18. The molecule has 5 nitrogen and oxygen atoms in total. The molecule has 0 atom stereocenters. The fourth-order valence-electron chi connectivity index (χ4n) is 2.87. The molecule has 2 aliphatic rings. The molecular formula is C16H17N3O2S. The molecule has 22 heavy (non-hydrogen) atoms. The van der Waals surface area contributed by atoms with Crippen molar-refractivity contribution >= 4 is 28.1 Å². The Bertz CT molecular complexity index is 707. The molecular weight excluding hydrogens is 298 g/mol. The van der Waals surface area contributed by atoms with Gasteiger partial charge < -0.3 is 15.0 Å². The normalized spacial score (nSPS) is 17.6. The fourth-order valence-corrected chi connectivity index (χ4v) is 3.76. The van der Waals surface area contributed by atoms with Crippen molar-refractivity contribution in [2.75, 3.05) is 29.9 Å². The van der Waals surface area contributed by atoms with Crippen LogP contribution in [0, 0.1) is 0 Å². The summed E-state index contributed by atoms with van der Waals surface area (Å²) in [6, 6.07) is 5.82. The summed E-state index contributed by atoms with van der Waals surface area (Å²) in [4.78, 5) is 18.6. The Balaban J connectivity index is 1.61. The highest BCUT2D eigenvalue weighted by atomic mass is 32.1. The molecule has 2 aromatic rings. The smallest absolute Gasteiger partial charge is 0.262 e. The van der Waals surface area contributed by atoms with E-state index in [0.29, 0.717) is 0 Å². The number of anilines is 2. The molecule has 1 aromatic carbocycles. The summed E-state index contributed by atoms with van der Waals surface area (Å²) in [5.41, 5.74) is 2.68. The molecule has 0 aliphatic carbocycles. The van der Waals surface area contributed by atoms with Crippen molar-refractivity contribution < 1.29 is 9.53 Å². The van der Waals surface area contributed by atoms with Gasteiger partial charge >= 0.3 is 0 Å². The molecule has 1 aromatic heterocycles. The molecule has 1 amide bonds. The van der Waals surface area contributed by atoms with E-state index in [0.717, 1.165) is 40.9 Å². The van der Waals surface area contributed by atoms with Crippen LogP contribution in [0.4, 0.5) is 10.8 Å². The number of nitrogens with zero attached hydrogens (tertiary/aromatic N) is 2. The number of carbonyl (C=O) groups is 1. The van der Waals surface area contributed by atoms with Crippen molar-refractivity contribution in [2.24, 2.45) is 0 Å². The Morgan fingerprint density at radius 3 is 2.95 bits per heavy atom. The summed E-state index contributed by atoms with van der Waals surface area (Å²) in [6.07, 6.45) is 3.81. The number of aromatic nitrogens is 1. The van der Waals surface area contributed by atoms with E-state index >= 15 is 0 Å². The largest absolute Gasteiger partial charge is 0.482 e. The average molecular weight is 315 g/mol. The van der Waals surface area contributed by atoms with Crippen molar-refractivity contribution in [3.05, 3.63) is 23.6 Å². The topological polar surface area (TPSA) is 54.5 Å². The van der Waals surface area contributed by atoms with Gasteiger partial charge in [-0.3, -0.25) is 4.79 Å². The number of nitrogens with one attached hydrogen (secondary N) is 1. The van der Waals surface area contributed by atoms with Gasteiger partial charge in [0.2, 0.25) is 0 Å². The van der Waals surface area contributed by atoms with E-state index in [2.05, 4.69) is 15.6 Å². The maximum atomic E-state index is 11.4. The molecule has 114 valence electrons. The summed E-state index contributed by atoms with van der Waals surface area (Å²) >= 11 is 1.69. The second-order valence-electron chi connectivity index (χ2n) is 5.61. The van der Waals surface area contributed by atoms with Gasteiger partial charge in [-0.15, -0.1) is 11.3 Å². The highest BCUT2D eigenvalue weighted by Crippen LogP contribution is 2.34. The first-order valence-electron chi connectivity index (χ1n) is 7.57. The van der Waals surface area contributed by atoms with Crippen molar-refractivity contribution in [1.82, 2.24) is 4.98 Å². The summed E-state index contributed by atoms with van der Waals surface area (Å²) in [7, 11) is 0. The van der Waals surface area contributed by atoms with Gasteiger partial charge in [0.25, 0.3) is 5.91 Å². The maximum absolute atomic E-state index is 11.4. The summed E-state index contributed by atoms with van der Waals surface area (Å²) in [6.45, 7) is 2.28. The number of amides is 1. The van der Waals surface area contributed by atoms with Crippen LogP contribution in [0.3, 0.4) is 0 Å². The zero-order chi connectivity index (χ0) is 14.9. The van der Waals surface area contributed by atoms with Crippen LogP contribution < -0.4 is 15.0 Å². The first kappa shape index (κ1) is 13.6. The molecule has 0 bridgehead atoms. The number of fused-ring (bicyclic) bond motifs is 1. The highest BCUT2D eigenvalue weighted by molar-refractivity contribution is 7.14. The van der Waals surface area contributed by atoms with Gasteiger partial charge in [-0.25, -0.2) is 4.98 Å². The van der Waals surface area contributed by atoms with E-state index in [1.54, 1.807) is 11.3 Å². The van der Waals surface area contributed by atoms with Gasteiger partial charge in [-0.1, -0.05) is 0 Å². The lowest BCUT2D eigenvalue weighted by Gasteiger charge is -2.25. The van der Waals surface area contributed by atoms with E-state index in [-0.39, 0.29) is 12.5 Å². The number of carbonyl (C=O) groups excluding carboxylic acids is 1. The Labute approximate surface area is 132 Å². The van der Waals surface area contributed by atoms with Gasteiger partial charge in [-0.2, -0.15) is 0 Å². The lowest BCUT2D eigenvalue weighted by atomic mass is 10.1. The van der Waals surface area contributed by atoms with Crippen LogP contribution >= 0.6 is 11.3 Å². The van der Waals surface area contributed by atoms with Crippen molar-refractivity contribution in [1.29, 1.82) is 0 Å². The zero-order valence-corrected chi connectivity index (χ0v) is 13.0. The number of benzene rings is 1. The van der Waals surface area contributed by atoms with Crippen LogP contribution in [0.1, 0.15) is 19.3 Å². The maximum Gasteiger partial charge on any atom is 0.262 e. The standard InChI is InChI=1S/C16H17N3O2S/c20-15-9-21-14-5-4-11(8-12(14)17-15)13-10-22-16(18-13)19-6-2-1-3-7-19/h4-5,8,10H,1-3,6-7,9H2,(H,17,20). The molecule has 4 rings (SSSR count). The summed E-state index contributed by atoms with van der Waals surface area (Å²) < 4.78 is 5.39. The minimum Gasteiger partial charge on any atom is -0.482 e. The Morgan fingerprint density at radius 2 is 2.09 bits per heavy atom. The van der Waals surface area contributed by atoms with E-state index in [1.165, 1.54) is 19.3 Å². The Kier molecular flexibility index (Phi) is 3.46. The third-order valence-electron chi connectivity index (χ3n) is 4.03. The monoisotopic (exact) mass is 315 g/mol. The molecule has 6 heteroatoms. The van der Waals surface area contributed by atoms with Gasteiger partial charge in [0.05, 0.1) is 11.4 Å². The molecule has 0 saturated carbocycles. The summed E-state index contributed by atoms with van der Waals surface area (Å²) in [5.74, 6) is 0.603. The molecule has 0 spiro atoms. The van der Waals surface area contributed by atoms with Crippen LogP contribution in [-0.4, -0.2) is 30.6 Å². The first-order valence-corrected chi connectivity index (χ1v) is 8.45. The molecule has 1 fully saturated rings. The van der Waals surface area contributed by atoms with Crippen molar-refractivity contribution in [2.45, 2.75) is 19.3 Å². The molecule has 0 unspecified atom stereocenters. The summed E-state index contributed by atoms with van der Waals surface area (Å²) in [5, 5.41) is 6.01. The zero-order valence-electron chi connectivity index (χ0n) is 12.2. The van der Waals surface area contributed by atoms with E-state index in [9.17, 15) is 4.79 Å². The van der Waals surface area contributed by atoms with Crippen LogP contribution in [0.5, 0.6) is 5.75 Å². The predicted octanol–water partition coefficient (Wildman–Crippen LogP) is 3.13. The van der Waals surface area contributed by atoms with Gasteiger partial charge in [0.1, 0.15) is 5.75 Å². The van der Waals surface area contributed by atoms with Gasteiger partial charge in [0, 0.05) is 24.0 Å². The van der Waals surface area contributed by atoms with Crippen LogP contribution in [0.25, 0.3) is 11.3 Å². The predicted molar refractivity (Wildman–Crippen MR) is 87.7 cm³/mol. The van der Waals surface area contributed by atoms with Crippen LogP contribution in [0.2, 0.25) is 0 Å². The minimum atomic E-state index is -0.114. The van der Waals surface area contributed by atoms with E-state index < -0.39 is 0 Å². The third kappa shape index (κ3) is 2.54. The van der Waals surface area contributed by atoms with Gasteiger partial charge in [0.15, 0.2) is 11.7 Å². The van der Waals surface area contributed by atoms with Crippen molar-refractivity contribution in [3.63, 3.8) is 0 Å². The Morgan fingerprint density at radius 1 is 1.23 bits per heavy atom. The molecule has 3 heterocycles. The molecule has 2 aliphatic heterocycles. The number of rotatable bonds is 2. The van der Waals surface area contributed by atoms with E-state index in [1.807, 2.05) is 18.2 Å². The number of hydrogen-bond donors (Lipinski definition) is 1. The minimum absolute atomic E-state index is 0.0855. The molecule has 1 saturated heterocycles. The number of hydrogen-bond acceptors (Lipinski definition) is 5. The quantitative estimate of drug-likeness (QED) is 0.925. The number of piperidine rings is 1. The van der Waals surface area contributed by atoms with E-state index in [4.69, 9.17) is 9.72 Å². The lowest BCUT2D eigenvalue weighted by molar-refractivity contribution is -0.118. The number of thiazole rings is 1. The van der Waals surface area contributed by atoms with Crippen LogP contribution in [-0.2, 0) is 4.79 Å². The van der Waals surface area contributed by atoms with Gasteiger partial charge in [-0.05, 0) is 37.5 Å². The fraction of sp³-hybridized carbons (Fsp3) is 0.375. The second kappa shape index (κ2) is 5.61. The van der Waals surface area contributed by atoms with Crippen LogP contribution in [0.15, 0.2) is 23.6 Å².